The SMILES string of the molecule is CC1(C)C(C(Br)c2ccc(F)c3ccccc23)C1(C)C. The first kappa shape index (κ1) is 14.1. The fourth-order valence-corrected chi connectivity index (χ4v) is 5.41. The van der Waals surface area contributed by atoms with E-state index in [0.29, 0.717) is 22.1 Å². The maximum Gasteiger partial charge on any atom is 0.131 e. The van der Waals surface area contributed by atoms with Gasteiger partial charge in [-0.3, -0.25) is 0 Å². The van der Waals surface area contributed by atoms with Crippen LogP contribution in [0.4, 0.5) is 4.39 Å². The van der Waals surface area contributed by atoms with Gasteiger partial charge in [0, 0.05) is 10.2 Å². The van der Waals surface area contributed by atoms with Gasteiger partial charge in [0.2, 0.25) is 0 Å². The molecule has 1 saturated carbocycles. The van der Waals surface area contributed by atoms with Gasteiger partial charge < -0.3 is 0 Å². The topological polar surface area (TPSA) is 0 Å². The van der Waals surface area contributed by atoms with Crippen molar-refractivity contribution in [3.63, 3.8) is 0 Å². The molecule has 0 saturated heterocycles. The lowest BCUT2D eigenvalue weighted by Gasteiger charge is -2.15. The van der Waals surface area contributed by atoms with Gasteiger partial charge in [-0.05, 0) is 33.8 Å². The summed E-state index contributed by atoms with van der Waals surface area (Å²) in [6.45, 7) is 9.27. The summed E-state index contributed by atoms with van der Waals surface area (Å²) in [7, 11) is 0. The lowest BCUT2D eigenvalue weighted by molar-refractivity contribution is 0.457. The van der Waals surface area contributed by atoms with Crippen LogP contribution in [-0.2, 0) is 0 Å². The van der Waals surface area contributed by atoms with Crippen molar-refractivity contribution in [2.45, 2.75) is 32.5 Å². The van der Waals surface area contributed by atoms with E-state index in [1.165, 1.54) is 5.56 Å². The molecule has 0 radical (unpaired) electrons. The van der Waals surface area contributed by atoms with Crippen molar-refractivity contribution in [1.82, 2.24) is 0 Å². The highest BCUT2D eigenvalue weighted by atomic mass is 79.9. The second-order valence-corrected chi connectivity index (χ2v) is 7.99. The van der Waals surface area contributed by atoms with E-state index in [1.807, 2.05) is 30.3 Å². The Morgan fingerprint density at radius 2 is 1.50 bits per heavy atom. The smallest absolute Gasteiger partial charge is 0.131 e. The second-order valence-electron chi connectivity index (χ2n) is 7.01. The first-order chi connectivity index (χ1) is 9.28. The van der Waals surface area contributed by atoms with Gasteiger partial charge in [0.05, 0.1) is 0 Å². The largest absolute Gasteiger partial charge is 0.206 e. The van der Waals surface area contributed by atoms with Gasteiger partial charge in [-0.2, -0.15) is 0 Å². The summed E-state index contributed by atoms with van der Waals surface area (Å²) >= 11 is 3.89. The molecule has 1 fully saturated rings. The highest BCUT2D eigenvalue weighted by Gasteiger charge is 2.66. The molecular formula is C18H20BrF. The van der Waals surface area contributed by atoms with Crippen LogP contribution in [0.2, 0.25) is 0 Å². The number of hydrogen-bond acceptors (Lipinski definition) is 0. The molecule has 0 N–H and O–H groups in total. The lowest BCUT2D eigenvalue weighted by Crippen LogP contribution is -2.00. The average Bonchev–Trinajstić information content (AvgIpc) is 2.80. The molecule has 0 nitrogen and oxygen atoms in total. The van der Waals surface area contributed by atoms with E-state index in [2.05, 4.69) is 43.6 Å². The van der Waals surface area contributed by atoms with Crippen LogP contribution < -0.4 is 0 Å². The van der Waals surface area contributed by atoms with Gasteiger partial charge in [0.25, 0.3) is 0 Å². The minimum absolute atomic E-state index is 0.140. The standard InChI is InChI=1S/C18H20BrF/c1-17(2)16(18(17,3)4)15(19)13-9-10-14(20)12-8-6-5-7-11(12)13/h5-10,15-16H,1-4H3. The van der Waals surface area contributed by atoms with Gasteiger partial charge in [0.15, 0.2) is 0 Å². The number of hydrogen-bond donors (Lipinski definition) is 0. The molecule has 2 aromatic carbocycles. The zero-order chi connectivity index (χ0) is 14.7. The number of halogens is 2. The molecule has 106 valence electrons. The van der Waals surface area contributed by atoms with Crippen LogP contribution in [0.3, 0.4) is 0 Å². The maximum atomic E-state index is 13.9. The van der Waals surface area contributed by atoms with E-state index >= 15 is 0 Å². The van der Waals surface area contributed by atoms with Crippen LogP contribution in [-0.4, -0.2) is 0 Å². The van der Waals surface area contributed by atoms with Crippen molar-refractivity contribution >= 4 is 26.7 Å². The number of alkyl halides is 1. The van der Waals surface area contributed by atoms with Crippen LogP contribution in [0.15, 0.2) is 36.4 Å². The van der Waals surface area contributed by atoms with Crippen LogP contribution in [0.25, 0.3) is 10.8 Å². The zero-order valence-electron chi connectivity index (χ0n) is 12.4. The predicted octanol–water partition coefficient (Wildman–Crippen LogP) is 6.10. The Bertz CT molecular complexity index is 658. The van der Waals surface area contributed by atoms with E-state index in [0.717, 1.165) is 5.39 Å². The summed E-state index contributed by atoms with van der Waals surface area (Å²) in [5, 5.41) is 1.73. The molecule has 2 aromatic rings. The number of fused-ring (bicyclic) bond motifs is 1. The van der Waals surface area contributed by atoms with Crippen molar-refractivity contribution in [2.75, 3.05) is 0 Å². The maximum absolute atomic E-state index is 13.9. The van der Waals surface area contributed by atoms with Crippen molar-refractivity contribution < 1.29 is 4.39 Å². The molecule has 1 aliphatic carbocycles. The third kappa shape index (κ3) is 1.77. The minimum Gasteiger partial charge on any atom is -0.206 e. The lowest BCUT2D eigenvalue weighted by atomic mass is 9.97. The first-order valence-corrected chi connectivity index (χ1v) is 8.01. The third-order valence-corrected chi connectivity index (χ3v) is 6.65. The summed E-state index contributed by atoms with van der Waals surface area (Å²) in [6, 6.07) is 11.3. The highest BCUT2D eigenvalue weighted by molar-refractivity contribution is 9.09. The molecule has 0 bridgehead atoms. The molecule has 0 aliphatic heterocycles. The average molecular weight is 335 g/mol. The summed E-state index contributed by atoms with van der Waals surface area (Å²) in [4.78, 5) is 0.262. The summed E-state index contributed by atoms with van der Waals surface area (Å²) in [5.41, 5.74) is 1.80. The third-order valence-electron chi connectivity index (χ3n) is 5.63. The van der Waals surface area contributed by atoms with E-state index in [-0.39, 0.29) is 10.6 Å². The normalized spacial score (nSPS) is 21.9. The van der Waals surface area contributed by atoms with Gasteiger partial charge in [0.1, 0.15) is 5.82 Å². The Labute approximate surface area is 128 Å². The molecule has 2 heteroatoms. The number of rotatable bonds is 2. The van der Waals surface area contributed by atoms with E-state index in [1.54, 1.807) is 6.07 Å². The molecule has 1 aliphatic rings. The highest BCUT2D eigenvalue weighted by Crippen LogP contribution is 2.74. The fourth-order valence-electron chi connectivity index (χ4n) is 3.68. The Morgan fingerprint density at radius 1 is 0.950 bits per heavy atom. The van der Waals surface area contributed by atoms with Crippen LogP contribution in [0.1, 0.15) is 38.1 Å². The monoisotopic (exact) mass is 334 g/mol. The van der Waals surface area contributed by atoms with Gasteiger partial charge >= 0.3 is 0 Å². The van der Waals surface area contributed by atoms with Gasteiger partial charge in [-0.15, -0.1) is 0 Å². The van der Waals surface area contributed by atoms with Crippen molar-refractivity contribution in [3.8, 4) is 0 Å². The quantitative estimate of drug-likeness (QED) is 0.582. The molecular weight excluding hydrogens is 315 g/mol. The molecule has 1 unspecified atom stereocenters. The zero-order valence-corrected chi connectivity index (χ0v) is 14.0. The molecule has 20 heavy (non-hydrogen) atoms. The Hall–Kier alpha value is -0.890. The van der Waals surface area contributed by atoms with Crippen molar-refractivity contribution in [2.24, 2.45) is 16.7 Å². The molecule has 1 atom stereocenters. The molecule has 0 amide bonds. The van der Waals surface area contributed by atoms with Crippen molar-refractivity contribution in [1.29, 1.82) is 0 Å². The van der Waals surface area contributed by atoms with Crippen molar-refractivity contribution in [3.05, 3.63) is 47.8 Å². The summed E-state index contributed by atoms with van der Waals surface area (Å²) in [5.74, 6) is 0.419. The van der Waals surface area contributed by atoms with Crippen LogP contribution >= 0.6 is 15.9 Å². The summed E-state index contributed by atoms with van der Waals surface area (Å²) < 4.78 is 13.9. The Morgan fingerprint density at radius 3 is 2.05 bits per heavy atom. The molecule has 0 heterocycles. The van der Waals surface area contributed by atoms with Crippen LogP contribution in [0, 0.1) is 22.6 Å². The fraction of sp³-hybridized carbons (Fsp3) is 0.444. The Balaban J connectivity index is 2.11. The predicted molar refractivity (Wildman–Crippen MR) is 86.6 cm³/mol. The molecule has 3 rings (SSSR count). The van der Waals surface area contributed by atoms with E-state index in [9.17, 15) is 4.39 Å². The van der Waals surface area contributed by atoms with E-state index in [4.69, 9.17) is 0 Å². The summed E-state index contributed by atoms with van der Waals surface area (Å²) in [6.07, 6.45) is 0. The van der Waals surface area contributed by atoms with E-state index < -0.39 is 0 Å². The second kappa shape index (κ2) is 4.30. The van der Waals surface area contributed by atoms with Gasteiger partial charge in [-0.1, -0.05) is 74.0 Å². The Kier molecular flexibility index (Phi) is 3.02. The minimum atomic E-state index is -0.140. The molecule has 0 spiro atoms. The number of benzene rings is 2. The van der Waals surface area contributed by atoms with Gasteiger partial charge in [-0.25, -0.2) is 4.39 Å². The van der Waals surface area contributed by atoms with Crippen LogP contribution in [0.5, 0.6) is 0 Å². The molecule has 0 aromatic heterocycles. The first-order valence-electron chi connectivity index (χ1n) is 7.09.